The van der Waals surface area contributed by atoms with Gasteiger partial charge in [-0.05, 0) is 67.3 Å². The number of hydrogen-bond donors (Lipinski definition) is 0. The number of thiophene rings is 1. The first kappa shape index (κ1) is 29.8. The van der Waals surface area contributed by atoms with E-state index < -0.39 is 0 Å². The Hall–Kier alpha value is -2.74. The molecule has 0 aliphatic rings. The van der Waals surface area contributed by atoms with E-state index >= 15 is 0 Å². The zero-order chi connectivity index (χ0) is 27.8. The number of carbonyl (C=O) groups excluding carboxylic acids is 2. The summed E-state index contributed by atoms with van der Waals surface area (Å²) in [5, 5.41) is 0.752. The van der Waals surface area contributed by atoms with E-state index in [4.69, 9.17) is 32.7 Å². The van der Waals surface area contributed by atoms with Gasteiger partial charge in [-0.1, -0.05) is 43.1 Å². The van der Waals surface area contributed by atoms with E-state index in [0.29, 0.717) is 53.2 Å². The Kier molecular flexibility index (Phi) is 10.9. The summed E-state index contributed by atoms with van der Waals surface area (Å²) in [7, 11) is 3.20. The van der Waals surface area contributed by atoms with Gasteiger partial charge in [-0.15, -0.1) is 11.3 Å². The molecule has 0 aliphatic heterocycles. The van der Waals surface area contributed by atoms with E-state index in [9.17, 15) is 9.59 Å². The Morgan fingerprint density at radius 2 is 1.61 bits per heavy atom. The molecule has 0 spiro atoms. The van der Waals surface area contributed by atoms with Crippen molar-refractivity contribution in [1.29, 1.82) is 0 Å². The highest BCUT2D eigenvalue weighted by molar-refractivity contribution is 7.11. The molecule has 0 radical (unpaired) electrons. The average molecular weight is 578 g/mol. The number of halogens is 2. The number of amides is 2. The molecule has 3 aromatic rings. The lowest BCUT2D eigenvalue weighted by Gasteiger charge is -2.29. The summed E-state index contributed by atoms with van der Waals surface area (Å²) in [4.78, 5) is 32.8. The molecule has 0 N–H and O–H groups in total. The fourth-order valence-electron chi connectivity index (χ4n) is 4.13. The van der Waals surface area contributed by atoms with Crippen LogP contribution in [0.3, 0.4) is 0 Å². The fourth-order valence-corrected chi connectivity index (χ4v) is 5.57. The van der Waals surface area contributed by atoms with Crippen LogP contribution in [0.5, 0.6) is 11.5 Å². The summed E-state index contributed by atoms with van der Waals surface area (Å²) in [5.41, 5.74) is 1.38. The first-order valence-corrected chi connectivity index (χ1v) is 14.0. The second kappa shape index (κ2) is 13.9. The molecular weight excluding hydrogens is 543 g/mol. The monoisotopic (exact) mass is 576 g/mol. The van der Waals surface area contributed by atoms with Crippen molar-refractivity contribution in [3.05, 3.63) is 79.5 Å². The van der Waals surface area contributed by atoms with E-state index in [1.807, 2.05) is 49.9 Å². The zero-order valence-electron chi connectivity index (χ0n) is 22.4. The van der Waals surface area contributed by atoms with Crippen molar-refractivity contribution in [2.45, 2.75) is 33.7 Å². The largest absolute Gasteiger partial charge is 0.493 e. The number of hydrogen-bond acceptors (Lipinski definition) is 5. The minimum Gasteiger partial charge on any atom is -0.493 e. The number of carbonyl (C=O) groups is 2. The number of nitrogens with zero attached hydrogens (tertiary/aromatic N) is 2. The number of methoxy groups -OCH3 is 2. The molecule has 0 saturated heterocycles. The maximum atomic E-state index is 13.7. The van der Waals surface area contributed by atoms with Crippen molar-refractivity contribution >= 4 is 46.4 Å². The Morgan fingerprint density at radius 1 is 0.921 bits per heavy atom. The minimum absolute atomic E-state index is 0.0442. The van der Waals surface area contributed by atoms with Gasteiger partial charge in [0.05, 0.1) is 20.8 Å². The van der Waals surface area contributed by atoms with Crippen molar-refractivity contribution in [2.75, 3.05) is 33.9 Å². The predicted octanol–water partition coefficient (Wildman–Crippen LogP) is 6.75. The third-order valence-corrected chi connectivity index (χ3v) is 7.34. The molecule has 204 valence electrons. The molecule has 0 fully saturated rings. The summed E-state index contributed by atoms with van der Waals surface area (Å²) >= 11 is 14.0. The zero-order valence-corrected chi connectivity index (χ0v) is 24.8. The van der Waals surface area contributed by atoms with Crippen LogP contribution in [-0.4, -0.2) is 55.5 Å². The Bertz CT molecular complexity index is 1240. The van der Waals surface area contributed by atoms with Gasteiger partial charge in [0.2, 0.25) is 5.91 Å². The molecule has 0 atom stereocenters. The van der Waals surface area contributed by atoms with Crippen molar-refractivity contribution < 1.29 is 19.1 Å². The maximum Gasteiger partial charge on any atom is 0.254 e. The lowest BCUT2D eigenvalue weighted by molar-refractivity contribution is -0.132. The summed E-state index contributed by atoms with van der Waals surface area (Å²) < 4.78 is 10.8. The van der Waals surface area contributed by atoms with Gasteiger partial charge in [-0.3, -0.25) is 9.59 Å². The summed E-state index contributed by atoms with van der Waals surface area (Å²) in [6.45, 7) is 7.41. The van der Waals surface area contributed by atoms with Gasteiger partial charge in [0, 0.05) is 38.5 Å². The molecule has 1 heterocycles. The van der Waals surface area contributed by atoms with Gasteiger partial charge >= 0.3 is 0 Å². The number of aryl methyl sites for hydroxylation is 1. The van der Waals surface area contributed by atoms with E-state index in [1.165, 1.54) is 4.88 Å². The third kappa shape index (κ3) is 8.38. The average Bonchev–Trinajstić information content (AvgIpc) is 3.28. The molecule has 38 heavy (non-hydrogen) atoms. The number of benzene rings is 2. The number of rotatable bonds is 12. The van der Waals surface area contributed by atoms with Gasteiger partial charge in [0.1, 0.15) is 6.54 Å². The molecule has 3 rings (SSSR count). The van der Waals surface area contributed by atoms with E-state index in [-0.39, 0.29) is 24.3 Å². The molecule has 0 aliphatic carbocycles. The molecule has 1 aromatic heterocycles. The Morgan fingerprint density at radius 3 is 2.18 bits per heavy atom. The fraction of sp³-hybridized carbons (Fsp3) is 0.379. The van der Waals surface area contributed by atoms with Crippen LogP contribution in [-0.2, 0) is 17.8 Å². The van der Waals surface area contributed by atoms with Crippen LogP contribution in [0, 0.1) is 12.8 Å². The molecule has 9 heteroatoms. The van der Waals surface area contributed by atoms with Crippen molar-refractivity contribution in [1.82, 2.24) is 9.80 Å². The normalized spacial score (nSPS) is 10.9. The first-order valence-electron chi connectivity index (χ1n) is 12.4. The van der Waals surface area contributed by atoms with Gasteiger partial charge in [0.25, 0.3) is 5.91 Å². The van der Waals surface area contributed by atoms with E-state index in [1.54, 1.807) is 48.7 Å². The SMILES string of the molecule is COc1ccc(CCN(Cc2ccc(C)s2)C(=O)CN(CC(C)C)C(=O)c2cc(Cl)cc(Cl)c2)cc1OC. The van der Waals surface area contributed by atoms with Crippen molar-refractivity contribution in [3.63, 3.8) is 0 Å². The summed E-state index contributed by atoms with van der Waals surface area (Å²) in [5.74, 6) is 1.07. The molecular formula is C29H34Cl2N2O4S. The quantitative estimate of drug-likeness (QED) is 0.239. The second-order valence-electron chi connectivity index (χ2n) is 9.50. The second-order valence-corrected chi connectivity index (χ2v) is 11.7. The van der Waals surface area contributed by atoms with Gasteiger partial charge in [0.15, 0.2) is 11.5 Å². The lowest BCUT2D eigenvalue weighted by Crippen LogP contribution is -2.44. The van der Waals surface area contributed by atoms with Crippen LogP contribution in [0.25, 0.3) is 0 Å². The smallest absolute Gasteiger partial charge is 0.254 e. The molecule has 2 aromatic carbocycles. The highest BCUT2D eigenvalue weighted by atomic mass is 35.5. The van der Waals surface area contributed by atoms with Crippen molar-refractivity contribution in [2.24, 2.45) is 5.92 Å². The molecule has 0 saturated carbocycles. The Labute approximate surface area is 239 Å². The summed E-state index contributed by atoms with van der Waals surface area (Å²) in [6, 6.07) is 14.6. The van der Waals surface area contributed by atoms with Crippen molar-refractivity contribution in [3.8, 4) is 11.5 Å². The van der Waals surface area contributed by atoms with E-state index in [0.717, 1.165) is 10.4 Å². The highest BCUT2D eigenvalue weighted by Crippen LogP contribution is 2.28. The number of ether oxygens (including phenoxy) is 2. The van der Waals surface area contributed by atoms with Crippen LogP contribution < -0.4 is 9.47 Å². The standard InChI is InChI=1S/C29H34Cl2N2O4S/c1-19(2)16-33(29(35)22-13-23(30)15-24(31)14-22)18-28(34)32(17-25-8-6-20(3)38-25)11-10-21-7-9-26(36-4)27(12-21)37-5/h6-9,12-15,19H,10-11,16-18H2,1-5H3. The van der Waals surface area contributed by atoms with Gasteiger partial charge in [-0.25, -0.2) is 0 Å². The molecule has 6 nitrogen and oxygen atoms in total. The topological polar surface area (TPSA) is 59.1 Å². The highest BCUT2D eigenvalue weighted by Gasteiger charge is 2.24. The molecule has 0 unspecified atom stereocenters. The first-order chi connectivity index (χ1) is 18.1. The maximum absolute atomic E-state index is 13.7. The third-order valence-electron chi connectivity index (χ3n) is 5.92. The summed E-state index contributed by atoms with van der Waals surface area (Å²) in [6.07, 6.45) is 0.623. The molecule has 0 bridgehead atoms. The predicted molar refractivity (Wildman–Crippen MR) is 155 cm³/mol. The van der Waals surface area contributed by atoms with Gasteiger partial charge < -0.3 is 19.3 Å². The van der Waals surface area contributed by atoms with Crippen LogP contribution in [0.15, 0.2) is 48.5 Å². The lowest BCUT2D eigenvalue weighted by atomic mass is 10.1. The van der Waals surface area contributed by atoms with Gasteiger partial charge in [-0.2, -0.15) is 0 Å². The van der Waals surface area contributed by atoms with Crippen LogP contribution in [0.2, 0.25) is 10.0 Å². The molecule has 2 amide bonds. The van der Waals surface area contributed by atoms with Crippen LogP contribution in [0.1, 0.15) is 39.5 Å². The van der Waals surface area contributed by atoms with Crippen LogP contribution >= 0.6 is 34.5 Å². The van der Waals surface area contributed by atoms with E-state index in [2.05, 4.69) is 6.07 Å². The van der Waals surface area contributed by atoms with Crippen LogP contribution in [0.4, 0.5) is 0 Å². The Balaban J connectivity index is 1.82. The minimum atomic E-state index is -0.275.